The molecule has 0 aliphatic carbocycles. The highest BCUT2D eigenvalue weighted by Crippen LogP contribution is 2.10. The summed E-state index contributed by atoms with van der Waals surface area (Å²) in [5.41, 5.74) is 1.59. The molecule has 0 aliphatic heterocycles. The lowest BCUT2D eigenvalue weighted by atomic mass is 10.2. The van der Waals surface area contributed by atoms with Crippen LogP contribution in [0.1, 0.15) is 25.8 Å². The number of rotatable bonds is 5. The van der Waals surface area contributed by atoms with Crippen molar-refractivity contribution < 1.29 is 4.74 Å². The van der Waals surface area contributed by atoms with Gasteiger partial charge in [0.15, 0.2) is 0 Å². The number of nitrogens with one attached hydrogen (secondary N) is 1. The maximum atomic E-state index is 8.62. The predicted molar refractivity (Wildman–Crippen MR) is 66.8 cm³/mol. The molecule has 0 saturated carbocycles. The van der Waals surface area contributed by atoms with E-state index in [0.29, 0.717) is 18.1 Å². The van der Waals surface area contributed by atoms with Crippen LogP contribution in [0.2, 0.25) is 0 Å². The van der Waals surface area contributed by atoms with Gasteiger partial charge in [0.1, 0.15) is 0 Å². The largest absolute Gasteiger partial charge is 0.477 e. The van der Waals surface area contributed by atoms with Crippen LogP contribution in [0.4, 0.5) is 5.69 Å². The maximum Gasteiger partial charge on any atom is 0.233 e. The Morgan fingerprint density at radius 3 is 3.00 bits per heavy atom. The topological polar surface area (TPSA) is 70.3 Å². The summed E-state index contributed by atoms with van der Waals surface area (Å²) >= 11 is 0. The number of ether oxygens (including phenoxy) is 1. The second kappa shape index (κ2) is 7.23. The molecule has 0 aromatic carbocycles. The van der Waals surface area contributed by atoms with Crippen molar-refractivity contribution in [3.63, 3.8) is 0 Å². The first-order valence-corrected chi connectivity index (χ1v) is 5.60. The number of anilines is 1. The predicted octanol–water partition coefficient (Wildman–Crippen LogP) is 2.17. The Morgan fingerprint density at radius 1 is 1.53 bits per heavy atom. The van der Waals surface area contributed by atoms with E-state index in [1.807, 2.05) is 19.9 Å². The number of pyridine rings is 1. The van der Waals surface area contributed by atoms with Crippen molar-refractivity contribution >= 4 is 11.6 Å². The molecule has 0 atom stereocenters. The Hall–Kier alpha value is -2.09. The monoisotopic (exact) mass is 232 g/mol. The quantitative estimate of drug-likeness (QED) is 0.480. The summed E-state index contributed by atoms with van der Waals surface area (Å²) in [7, 11) is 0. The van der Waals surface area contributed by atoms with Gasteiger partial charge in [-0.05, 0) is 19.4 Å². The van der Waals surface area contributed by atoms with E-state index in [4.69, 9.17) is 10.00 Å². The van der Waals surface area contributed by atoms with E-state index in [1.165, 1.54) is 0 Å². The molecule has 1 N–H and O–H groups in total. The zero-order valence-corrected chi connectivity index (χ0v) is 10.1. The summed E-state index contributed by atoms with van der Waals surface area (Å²) in [6.45, 7) is 5.35. The van der Waals surface area contributed by atoms with Crippen molar-refractivity contribution in [1.29, 1.82) is 5.26 Å². The molecule has 1 aromatic heterocycles. The molecule has 1 heterocycles. The van der Waals surface area contributed by atoms with Gasteiger partial charge in [0.2, 0.25) is 12.1 Å². The van der Waals surface area contributed by atoms with Crippen LogP contribution in [-0.2, 0) is 4.74 Å². The van der Waals surface area contributed by atoms with Crippen molar-refractivity contribution in [3.05, 3.63) is 24.0 Å². The van der Waals surface area contributed by atoms with Crippen LogP contribution in [0.5, 0.6) is 0 Å². The summed E-state index contributed by atoms with van der Waals surface area (Å²) in [5.74, 6) is 0.321. The lowest BCUT2D eigenvalue weighted by Crippen LogP contribution is -2.09. The van der Waals surface area contributed by atoms with Crippen molar-refractivity contribution in [3.8, 4) is 6.19 Å². The third-order valence-corrected chi connectivity index (χ3v) is 1.96. The van der Waals surface area contributed by atoms with E-state index in [1.54, 1.807) is 18.6 Å². The summed E-state index contributed by atoms with van der Waals surface area (Å²) in [6.07, 6.45) is 5.96. The number of aromatic nitrogens is 1. The highest BCUT2D eigenvalue weighted by molar-refractivity contribution is 5.95. The maximum absolute atomic E-state index is 8.62. The van der Waals surface area contributed by atoms with Gasteiger partial charge in [-0.3, -0.25) is 4.98 Å². The minimum absolute atomic E-state index is 0.321. The first-order valence-electron chi connectivity index (χ1n) is 5.60. The van der Waals surface area contributed by atoms with Gasteiger partial charge < -0.3 is 10.1 Å². The summed E-state index contributed by atoms with van der Waals surface area (Å²) in [6, 6.07) is 1.86. The molecular formula is C12H16N4O. The molecule has 0 fully saturated rings. The number of aliphatic imine (C=N–C) groups is 1. The zero-order valence-electron chi connectivity index (χ0n) is 10.1. The third kappa shape index (κ3) is 4.11. The van der Waals surface area contributed by atoms with Crippen molar-refractivity contribution in [2.24, 2.45) is 4.99 Å². The average molecular weight is 232 g/mol. The normalized spacial score (nSPS) is 10.8. The smallest absolute Gasteiger partial charge is 0.233 e. The molecule has 0 radical (unpaired) electrons. The molecule has 5 nitrogen and oxygen atoms in total. The molecule has 1 rings (SSSR count). The van der Waals surface area contributed by atoms with Gasteiger partial charge in [-0.1, -0.05) is 6.92 Å². The summed E-state index contributed by atoms with van der Waals surface area (Å²) in [5, 5.41) is 11.8. The van der Waals surface area contributed by atoms with E-state index in [0.717, 1.165) is 18.7 Å². The lowest BCUT2D eigenvalue weighted by Gasteiger charge is -2.08. The second-order valence-electron chi connectivity index (χ2n) is 3.36. The molecule has 90 valence electrons. The Bertz CT molecular complexity index is 423. The van der Waals surface area contributed by atoms with Crippen LogP contribution in [0.3, 0.4) is 0 Å². The van der Waals surface area contributed by atoms with E-state index in [-0.39, 0.29) is 0 Å². The van der Waals surface area contributed by atoms with Gasteiger partial charge in [0.05, 0.1) is 17.9 Å². The molecule has 5 heteroatoms. The standard InChI is InChI=1S/C12H16N4O/c1-3-5-17-12(16-9-13)10-6-11(15-4-2)8-14-7-10/h6-8,15H,3-5H2,1-2H3/b16-12-. The molecular weight excluding hydrogens is 216 g/mol. The fraction of sp³-hybridized carbons (Fsp3) is 0.417. The molecule has 0 spiro atoms. The number of hydrogen-bond donors (Lipinski definition) is 1. The van der Waals surface area contributed by atoms with Crippen LogP contribution in [0, 0.1) is 11.5 Å². The fourth-order valence-corrected chi connectivity index (χ4v) is 1.28. The Morgan fingerprint density at radius 2 is 2.35 bits per heavy atom. The van der Waals surface area contributed by atoms with Crippen molar-refractivity contribution in [2.75, 3.05) is 18.5 Å². The SMILES string of the molecule is CCCO/C(=N\C#N)c1cncc(NCC)c1. The zero-order chi connectivity index (χ0) is 12.5. The van der Waals surface area contributed by atoms with Crippen LogP contribution in [0.15, 0.2) is 23.5 Å². The van der Waals surface area contributed by atoms with Crippen LogP contribution in [0.25, 0.3) is 0 Å². The van der Waals surface area contributed by atoms with Crippen LogP contribution in [-0.4, -0.2) is 24.0 Å². The Balaban J connectivity index is 2.90. The van der Waals surface area contributed by atoms with Gasteiger partial charge in [0.25, 0.3) is 0 Å². The number of nitriles is 1. The van der Waals surface area contributed by atoms with E-state index in [9.17, 15) is 0 Å². The Kier molecular flexibility index (Phi) is 5.52. The molecule has 0 aliphatic rings. The molecule has 1 aromatic rings. The Labute approximate surface area is 101 Å². The molecule has 0 amide bonds. The fourth-order valence-electron chi connectivity index (χ4n) is 1.28. The first-order chi connectivity index (χ1) is 8.31. The average Bonchev–Trinajstić information content (AvgIpc) is 2.35. The van der Waals surface area contributed by atoms with Gasteiger partial charge >= 0.3 is 0 Å². The van der Waals surface area contributed by atoms with Crippen LogP contribution < -0.4 is 5.32 Å². The van der Waals surface area contributed by atoms with Gasteiger partial charge in [0, 0.05) is 18.9 Å². The van der Waals surface area contributed by atoms with Gasteiger partial charge in [-0.15, -0.1) is 4.99 Å². The van der Waals surface area contributed by atoms with E-state index < -0.39 is 0 Å². The van der Waals surface area contributed by atoms with Gasteiger partial charge in [-0.2, -0.15) is 5.26 Å². The van der Waals surface area contributed by atoms with Crippen LogP contribution >= 0.6 is 0 Å². The second-order valence-corrected chi connectivity index (χ2v) is 3.36. The molecule has 0 saturated heterocycles. The van der Waals surface area contributed by atoms with Crippen molar-refractivity contribution in [1.82, 2.24) is 4.98 Å². The molecule has 0 bridgehead atoms. The first kappa shape index (κ1) is 13.0. The van der Waals surface area contributed by atoms with E-state index in [2.05, 4.69) is 15.3 Å². The third-order valence-electron chi connectivity index (χ3n) is 1.96. The van der Waals surface area contributed by atoms with Crippen molar-refractivity contribution in [2.45, 2.75) is 20.3 Å². The summed E-state index contributed by atoms with van der Waals surface area (Å²) in [4.78, 5) is 7.75. The lowest BCUT2D eigenvalue weighted by molar-refractivity contribution is 0.306. The number of hydrogen-bond acceptors (Lipinski definition) is 5. The minimum atomic E-state index is 0.321. The minimum Gasteiger partial charge on any atom is -0.477 e. The summed E-state index contributed by atoms with van der Waals surface area (Å²) < 4.78 is 5.41. The van der Waals surface area contributed by atoms with Gasteiger partial charge in [-0.25, -0.2) is 0 Å². The highest BCUT2D eigenvalue weighted by Gasteiger charge is 2.06. The van der Waals surface area contributed by atoms with E-state index >= 15 is 0 Å². The molecule has 17 heavy (non-hydrogen) atoms. The molecule has 0 unspecified atom stereocenters. The highest BCUT2D eigenvalue weighted by atomic mass is 16.5. The number of nitrogens with zero attached hydrogens (tertiary/aromatic N) is 3.